The molecule has 5 heteroatoms. The largest absolute Gasteiger partial charge is 0.484 e. The summed E-state index contributed by atoms with van der Waals surface area (Å²) in [5, 5.41) is 11.1. The summed E-state index contributed by atoms with van der Waals surface area (Å²) in [4.78, 5) is 10.7. The number of hydrogen-bond acceptors (Lipinski definition) is 3. The number of aryl methyl sites for hydroxylation is 1. The molecule has 2 rings (SSSR count). The maximum atomic E-state index is 10.7. The van der Waals surface area contributed by atoms with Gasteiger partial charge in [-0.05, 0) is 36.8 Å². The molecule has 4 N–H and O–H groups in total. The Bertz CT molecular complexity index is 611. The fraction of sp³-hybridized carbons (Fsp3) is 0.188. The molecule has 0 fully saturated rings. The third-order valence-corrected chi connectivity index (χ3v) is 3.02. The zero-order valence-corrected chi connectivity index (χ0v) is 11.7. The van der Waals surface area contributed by atoms with Crippen molar-refractivity contribution in [3.63, 3.8) is 0 Å². The molecule has 1 atom stereocenters. The van der Waals surface area contributed by atoms with Crippen LogP contribution in [-0.2, 0) is 0 Å². The fourth-order valence-corrected chi connectivity index (χ4v) is 1.95. The molecule has 1 amide bonds. The molecule has 2 aromatic carbocycles. The molecule has 0 spiro atoms. The molecule has 0 aliphatic heterocycles. The van der Waals surface area contributed by atoms with Crippen molar-refractivity contribution in [2.45, 2.75) is 13.0 Å². The van der Waals surface area contributed by atoms with Crippen molar-refractivity contribution in [3.05, 3.63) is 59.7 Å². The van der Waals surface area contributed by atoms with Crippen LogP contribution >= 0.6 is 0 Å². The summed E-state index contributed by atoms with van der Waals surface area (Å²) >= 11 is 0. The van der Waals surface area contributed by atoms with Gasteiger partial charge in [0, 0.05) is 5.69 Å². The van der Waals surface area contributed by atoms with Crippen molar-refractivity contribution in [1.29, 1.82) is 0 Å². The van der Waals surface area contributed by atoms with Crippen LogP contribution in [0.4, 0.5) is 10.5 Å². The topological polar surface area (TPSA) is 84.6 Å². The highest BCUT2D eigenvalue weighted by atomic mass is 16.5. The van der Waals surface area contributed by atoms with E-state index < -0.39 is 12.2 Å². The van der Waals surface area contributed by atoms with E-state index in [1.807, 2.05) is 43.3 Å². The molecule has 0 aliphatic carbocycles. The average Bonchev–Trinajstić information content (AvgIpc) is 2.45. The average molecular weight is 286 g/mol. The third-order valence-electron chi connectivity index (χ3n) is 3.02. The lowest BCUT2D eigenvalue weighted by Crippen LogP contribution is -2.29. The Morgan fingerprint density at radius 1 is 1.29 bits per heavy atom. The lowest BCUT2D eigenvalue weighted by atomic mass is 10.1. The third kappa shape index (κ3) is 4.42. The van der Waals surface area contributed by atoms with E-state index in [0.717, 1.165) is 11.1 Å². The van der Waals surface area contributed by atoms with Gasteiger partial charge in [-0.3, -0.25) is 0 Å². The molecule has 0 saturated carbocycles. The number of carboxylic acid groups (broad SMARTS) is 1. The SMILES string of the molecule is Cc1ccc(OC(CNC(=O)O)c2cccc(N)c2)cc1. The van der Waals surface area contributed by atoms with Crippen LogP contribution in [-0.4, -0.2) is 17.7 Å². The summed E-state index contributed by atoms with van der Waals surface area (Å²) in [7, 11) is 0. The van der Waals surface area contributed by atoms with Gasteiger partial charge in [-0.1, -0.05) is 29.8 Å². The zero-order chi connectivity index (χ0) is 15.2. The molecule has 0 saturated heterocycles. The molecule has 0 aliphatic rings. The van der Waals surface area contributed by atoms with E-state index in [1.54, 1.807) is 12.1 Å². The van der Waals surface area contributed by atoms with Gasteiger partial charge in [0.1, 0.15) is 11.9 Å². The Morgan fingerprint density at radius 2 is 2.00 bits per heavy atom. The van der Waals surface area contributed by atoms with Crippen molar-refractivity contribution >= 4 is 11.8 Å². The zero-order valence-electron chi connectivity index (χ0n) is 11.7. The van der Waals surface area contributed by atoms with E-state index in [2.05, 4.69) is 5.32 Å². The minimum Gasteiger partial charge on any atom is -0.484 e. The normalized spacial score (nSPS) is 11.7. The number of rotatable bonds is 5. The van der Waals surface area contributed by atoms with Crippen LogP contribution in [0.25, 0.3) is 0 Å². The van der Waals surface area contributed by atoms with Gasteiger partial charge in [0.05, 0.1) is 6.54 Å². The molecule has 0 heterocycles. The maximum absolute atomic E-state index is 10.7. The van der Waals surface area contributed by atoms with Gasteiger partial charge in [-0.15, -0.1) is 0 Å². The highest BCUT2D eigenvalue weighted by molar-refractivity contribution is 5.64. The van der Waals surface area contributed by atoms with Crippen molar-refractivity contribution in [2.75, 3.05) is 12.3 Å². The Labute approximate surface area is 123 Å². The van der Waals surface area contributed by atoms with Crippen molar-refractivity contribution in [2.24, 2.45) is 0 Å². The lowest BCUT2D eigenvalue weighted by Gasteiger charge is -2.20. The van der Waals surface area contributed by atoms with Crippen LogP contribution in [0.3, 0.4) is 0 Å². The van der Waals surface area contributed by atoms with Gasteiger partial charge in [0.15, 0.2) is 0 Å². The summed E-state index contributed by atoms with van der Waals surface area (Å²) in [6.45, 7) is 2.14. The Hall–Kier alpha value is -2.69. The van der Waals surface area contributed by atoms with Gasteiger partial charge < -0.3 is 20.9 Å². The molecular weight excluding hydrogens is 268 g/mol. The molecule has 2 aromatic rings. The first-order valence-corrected chi connectivity index (χ1v) is 6.60. The van der Waals surface area contributed by atoms with E-state index in [-0.39, 0.29) is 6.54 Å². The molecule has 110 valence electrons. The van der Waals surface area contributed by atoms with Crippen molar-refractivity contribution in [1.82, 2.24) is 5.32 Å². The van der Waals surface area contributed by atoms with Crippen molar-refractivity contribution < 1.29 is 14.6 Å². The lowest BCUT2D eigenvalue weighted by molar-refractivity contribution is 0.173. The molecule has 0 bridgehead atoms. The summed E-state index contributed by atoms with van der Waals surface area (Å²) in [6.07, 6.45) is -1.52. The highest BCUT2D eigenvalue weighted by Crippen LogP contribution is 2.23. The molecule has 21 heavy (non-hydrogen) atoms. The number of benzene rings is 2. The predicted molar refractivity (Wildman–Crippen MR) is 81.4 cm³/mol. The summed E-state index contributed by atoms with van der Waals surface area (Å²) < 4.78 is 5.88. The number of carbonyl (C=O) groups is 1. The highest BCUT2D eigenvalue weighted by Gasteiger charge is 2.15. The van der Waals surface area contributed by atoms with E-state index in [4.69, 9.17) is 15.6 Å². The Balaban J connectivity index is 2.19. The summed E-state index contributed by atoms with van der Waals surface area (Å²) in [6, 6.07) is 14.8. The van der Waals surface area contributed by atoms with Crippen molar-refractivity contribution in [3.8, 4) is 5.75 Å². The molecule has 0 aromatic heterocycles. The number of nitrogens with one attached hydrogen (secondary N) is 1. The second-order valence-corrected chi connectivity index (χ2v) is 4.78. The van der Waals surface area contributed by atoms with Gasteiger partial charge in [-0.2, -0.15) is 0 Å². The number of nitrogen functional groups attached to an aromatic ring is 1. The predicted octanol–water partition coefficient (Wildman–Crippen LogP) is 2.96. The van der Waals surface area contributed by atoms with E-state index >= 15 is 0 Å². The smallest absolute Gasteiger partial charge is 0.404 e. The minimum atomic E-state index is -1.09. The van der Waals surface area contributed by atoms with Crippen LogP contribution < -0.4 is 15.8 Å². The van der Waals surface area contributed by atoms with E-state index in [9.17, 15) is 4.79 Å². The second-order valence-electron chi connectivity index (χ2n) is 4.78. The standard InChI is InChI=1S/C16H18N2O3/c1-11-5-7-14(8-6-11)21-15(10-18-16(19)20)12-3-2-4-13(17)9-12/h2-9,15,18H,10,17H2,1H3,(H,19,20). The minimum absolute atomic E-state index is 0.145. The number of ether oxygens (including phenoxy) is 1. The first-order valence-electron chi connectivity index (χ1n) is 6.60. The molecule has 0 radical (unpaired) electrons. The first kappa shape index (κ1) is 14.7. The Kier molecular flexibility index (Phi) is 4.66. The maximum Gasteiger partial charge on any atom is 0.404 e. The quantitative estimate of drug-likeness (QED) is 0.738. The van der Waals surface area contributed by atoms with Crippen LogP contribution in [0.2, 0.25) is 0 Å². The number of amides is 1. The fourth-order valence-electron chi connectivity index (χ4n) is 1.95. The van der Waals surface area contributed by atoms with E-state index in [0.29, 0.717) is 11.4 Å². The molecule has 1 unspecified atom stereocenters. The van der Waals surface area contributed by atoms with Crippen LogP contribution in [0, 0.1) is 6.92 Å². The van der Waals surface area contributed by atoms with Gasteiger partial charge in [-0.25, -0.2) is 4.79 Å². The van der Waals surface area contributed by atoms with Gasteiger partial charge in [0.2, 0.25) is 0 Å². The number of nitrogens with two attached hydrogens (primary N) is 1. The van der Waals surface area contributed by atoms with Crippen LogP contribution in [0.15, 0.2) is 48.5 Å². The molecular formula is C16H18N2O3. The van der Waals surface area contributed by atoms with Crippen LogP contribution in [0.1, 0.15) is 17.2 Å². The van der Waals surface area contributed by atoms with Gasteiger partial charge in [0.25, 0.3) is 0 Å². The molecule has 5 nitrogen and oxygen atoms in total. The first-order chi connectivity index (χ1) is 10.0. The number of hydrogen-bond donors (Lipinski definition) is 3. The van der Waals surface area contributed by atoms with Gasteiger partial charge >= 0.3 is 6.09 Å². The second kappa shape index (κ2) is 6.65. The van der Waals surface area contributed by atoms with Crippen LogP contribution in [0.5, 0.6) is 5.75 Å². The monoisotopic (exact) mass is 286 g/mol. The number of anilines is 1. The summed E-state index contributed by atoms with van der Waals surface area (Å²) in [5.41, 5.74) is 8.34. The van der Waals surface area contributed by atoms with E-state index in [1.165, 1.54) is 0 Å². The summed E-state index contributed by atoms with van der Waals surface area (Å²) in [5.74, 6) is 0.681. The Morgan fingerprint density at radius 3 is 2.62 bits per heavy atom.